The van der Waals surface area contributed by atoms with Gasteiger partial charge in [-0.25, -0.2) is 4.79 Å². The minimum absolute atomic E-state index is 0.101. The first-order chi connectivity index (χ1) is 5.60. The third kappa shape index (κ3) is 4.45. The van der Waals surface area contributed by atoms with Crippen LogP contribution in [0.3, 0.4) is 0 Å². The molecule has 0 bridgehead atoms. The van der Waals surface area contributed by atoms with E-state index in [0.717, 1.165) is 11.1 Å². The van der Waals surface area contributed by atoms with Gasteiger partial charge in [0.05, 0.1) is 7.11 Å². The number of rotatable bonds is 4. The van der Waals surface area contributed by atoms with Crippen molar-refractivity contribution in [2.24, 2.45) is 0 Å². The fraction of sp³-hybridized carbons (Fsp3) is 0.429. The Morgan fingerprint density at radius 3 is 2.58 bits per heavy atom. The summed E-state index contributed by atoms with van der Waals surface area (Å²) in [4.78, 5) is 25.7. The molecule has 5 nitrogen and oxygen atoms in total. The number of carbonyl (C=O) groups excluding carboxylic acids is 2. The number of hydrogen-bond donors (Lipinski definition) is 0. The summed E-state index contributed by atoms with van der Waals surface area (Å²) in [6.45, 7) is 3.09. The Hall–Kier alpha value is -1.36. The van der Waals surface area contributed by atoms with Crippen LogP contribution in [0, 0.1) is 0 Å². The molecule has 0 aliphatic carbocycles. The van der Waals surface area contributed by atoms with Crippen molar-refractivity contribution < 1.29 is 19.2 Å². The lowest BCUT2D eigenvalue weighted by Crippen LogP contribution is -2.28. The van der Waals surface area contributed by atoms with Crippen molar-refractivity contribution in [1.82, 2.24) is 5.06 Å². The van der Waals surface area contributed by atoms with Gasteiger partial charge in [0.15, 0.2) is 0 Å². The van der Waals surface area contributed by atoms with Gasteiger partial charge in [-0.3, -0.25) is 4.79 Å². The van der Waals surface area contributed by atoms with Crippen LogP contribution in [0.15, 0.2) is 12.7 Å². The molecule has 0 aromatic heterocycles. The van der Waals surface area contributed by atoms with Gasteiger partial charge in [-0.2, -0.15) is 0 Å². The van der Waals surface area contributed by atoms with Gasteiger partial charge in [0, 0.05) is 13.1 Å². The zero-order valence-corrected chi connectivity index (χ0v) is 7.07. The second-order valence-corrected chi connectivity index (χ2v) is 1.98. The highest BCUT2D eigenvalue weighted by atomic mass is 16.7. The molecule has 0 aromatic rings. The average Bonchev–Trinajstić information content (AvgIpc) is 2.03. The summed E-state index contributed by atoms with van der Waals surface area (Å²) in [5, 5.41) is 1.07. The van der Waals surface area contributed by atoms with E-state index in [1.165, 1.54) is 14.2 Å². The zero-order chi connectivity index (χ0) is 9.56. The molecule has 0 atom stereocenters. The fourth-order valence-corrected chi connectivity index (χ4v) is 0.469. The maximum atomic E-state index is 10.6. The highest BCUT2D eigenvalue weighted by Gasteiger charge is 2.08. The lowest BCUT2D eigenvalue weighted by molar-refractivity contribution is -0.182. The van der Waals surface area contributed by atoms with Gasteiger partial charge in [0.1, 0.15) is 6.54 Å². The van der Waals surface area contributed by atoms with Crippen LogP contribution >= 0.6 is 0 Å². The number of nitrogens with zero attached hydrogens (tertiary/aromatic N) is 1. The Morgan fingerprint density at radius 2 is 2.17 bits per heavy atom. The van der Waals surface area contributed by atoms with E-state index < -0.39 is 11.9 Å². The molecule has 0 heterocycles. The van der Waals surface area contributed by atoms with Crippen molar-refractivity contribution >= 4 is 11.9 Å². The van der Waals surface area contributed by atoms with Crippen LogP contribution in [0.5, 0.6) is 0 Å². The number of methoxy groups -OCH3 is 1. The molecular formula is C7H11NO4. The molecule has 12 heavy (non-hydrogen) atoms. The fourth-order valence-electron chi connectivity index (χ4n) is 0.469. The van der Waals surface area contributed by atoms with Crippen molar-refractivity contribution in [3.05, 3.63) is 12.7 Å². The van der Waals surface area contributed by atoms with E-state index in [-0.39, 0.29) is 6.54 Å². The monoisotopic (exact) mass is 173 g/mol. The summed E-state index contributed by atoms with van der Waals surface area (Å²) in [6.07, 6.45) is 1.01. The van der Waals surface area contributed by atoms with Gasteiger partial charge in [0.2, 0.25) is 0 Å². The topological polar surface area (TPSA) is 55.8 Å². The average molecular weight is 173 g/mol. The van der Waals surface area contributed by atoms with E-state index >= 15 is 0 Å². The van der Waals surface area contributed by atoms with Crippen molar-refractivity contribution in [3.63, 3.8) is 0 Å². The minimum Gasteiger partial charge on any atom is -0.468 e. The van der Waals surface area contributed by atoms with Gasteiger partial charge < -0.3 is 9.57 Å². The SMILES string of the molecule is C=CC(=O)ON(C)CC(=O)OC. The molecular weight excluding hydrogens is 162 g/mol. The standard InChI is InChI=1S/C7H11NO4/c1-4-6(9)12-8(2)5-7(10)11-3/h4H,1,5H2,2-3H3. The Balaban J connectivity index is 3.73. The maximum Gasteiger partial charge on any atom is 0.349 e. The molecule has 68 valence electrons. The molecule has 0 saturated heterocycles. The molecule has 5 heteroatoms. The molecule has 0 fully saturated rings. The lowest BCUT2D eigenvalue weighted by atomic mass is 10.6. The molecule has 0 saturated carbocycles. The molecule has 0 radical (unpaired) electrons. The number of esters is 1. The zero-order valence-electron chi connectivity index (χ0n) is 7.07. The Kier molecular flexibility index (Phi) is 4.71. The minimum atomic E-state index is -0.610. The molecule has 0 amide bonds. The van der Waals surface area contributed by atoms with Crippen molar-refractivity contribution in [2.45, 2.75) is 0 Å². The first-order valence-corrected chi connectivity index (χ1v) is 3.22. The van der Waals surface area contributed by atoms with Crippen molar-refractivity contribution in [1.29, 1.82) is 0 Å². The summed E-state index contributed by atoms with van der Waals surface area (Å²) in [5.74, 6) is -1.09. The van der Waals surface area contributed by atoms with E-state index in [2.05, 4.69) is 16.2 Å². The highest BCUT2D eigenvalue weighted by Crippen LogP contribution is 1.88. The lowest BCUT2D eigenvalue weighted by Gasteiger charge is -2.12. The number of ether oxygens (including phenoxy) is 1. The molecule has 0 aliphatic heterocycles. The van der Waals surface area contributed by atoms with E-state index in [1.807, 2.05) is 0 Å². The number of carbonyl (C=O) groups is 2. The molecule has 0 spiro atoms. The number of likely N-dealkylation sites (N-methyl/N-ethyl adjacent to an activating group) is 1. The van der Waals surface area contributed by atoms with Crippen LogP contribution in [-0.2, 0) is 19.2 Å². The van der Waals surface area contributed by atoms with Gasteiger partial charge in [-0.1, -0.05) is 6.58 Å². The van der Waals surface area contributed by atoms with Gasteiger partial charge in [0.25, 0.3) is 0 Å². The second kappa shape index (κ2) is 5.31. The predicted octanol–water partition coefficient (Wildman–Crippen LogP) is -0.265. The second-order valence-electron chi connectivity index (χ2n) is 1.98. The van der Waals surface area contributed by atoms with Crippen LogP contribution < -0.4 is 0 Å². The summed E-state index contributed by atoms with van der Waals surface area (Å²) in [6, 6.07) is 0. The number of hydrogen-bond acceptors (Lipinski definition) is 5. The van der Waals surface area contributed by atoms with Crippen molar-refractivity contribution in [3.8, 4) is 0 Å². The van der Waals surface area contributed by atoms with Crippen LogP contribution in [0.25, 0.3) is 0 Å². The Morgan fingerprint density at radius 1 is 1.58 bits per heavy atom. The quantitative estimate of drug-likeness (QED) is 0.333. The first-order valence-electron chi connectivity index (χ1n) is 3.22. The smallest absolute Gasteiger partial charge is 0.349 e. The first kappa shape index (κ1) is 10.6. The summed E-state index contributed by atoms with van der Waals surface area (Å²) < 4.78 is 4.34. The molecule has 0 rings (SSSR count). The summed E-state index contributed by atoms with van der Waals surface area (Å²) in [5.41, 5.74) is 0. The van der Waals surface area contributed by atoms with Gasteiger partial charge in [-0.05, 0) is 0 Å². The van der Waals surface area contributed by atoms with Crippen LogP contribution in [-0.4, -0.2) is 37.7 Å². The van der Waals surface area contributed by atoms with Gasteiger partial charge >= 0.3 is 11.9 Å². The Labute approximate surface area is 70.5 Å². The normalized spacial score (nSPS) is 9.25. The van der Waals surface area contributed by atoms with Crippen LogP contribution in [0.2, 0.25) is 0 Å². The van der Waals surface area contributed by atoms with Crippen LogP contribution in [0.4, 0.5) is 0 Å². The molecule has 0 aliphatic rings. The summed E-state index contributed by atoms with van der Waals surface area (Å²) >= 11 is 0. The van der Waals surface area contributed by atoms with E-state index in [1.54, 1.807) is 0 Å². The third-order valence-electron chi connectivity index (χ3n) is 0.992. The van der Waals surface area contributed by atoms with Gasteiger partial charge in [-0.15, -0.1) is 5.06 Å². The maximum absolute atomic E-state index is 10.6. The molecule has 0 aromatic carbocycles. The molecule has 0 N–H and O–H groups in total. The van der Waals surface area contributed by atoms with E-state index in [4.69, 9.17) is 0 Å². The molecule has 0 unspecified atom stereocenters. The summed E-state index contributed by atoms with van der Waals surface area (Å²) in [7, 11) is 2.70. The predicted molar refractivity (Wildman–Crippen MR) is 40.9 cm³/mol. The number of hydroxylamine groups is 2. The van der Waals surface area contributed by atoms with Crippen LogP contribution in [0.1, 0.15) is 0 Å². The third-order valence-corrected chi connectivity index (χ3v) is 0.992. The van der Waals surface area contributed by atoms with Crippen molar-refractivity contribution in [2.75, 3.05) is 20.7 Å². The van der Waals surface area contributed by atoms with E-state index in [9.17, 15) is 9.59 Å². The largest absolute Gasteiger partial charge is 0.468 e. The Bertz CT molecular complexity index is 190. The van der Waals surface area contributed by atoms with E-state index in [0.29, 0.717) is 0 Å². The highest BCUT2D eigenvalue weighted by molar-refractivity contribution is 5.81.